The highest BCUT2D eigenvalue weighted by molar-refractivity contribution is 7.03. The van der Waals surface area contributed by atoms with Gasteiger partial charge in [0.1, 0.15) is 0 Å². The molecule has 6 nitrogen and oxygen atoms in total. The first-order chi connectivity index (χ1) is 8.29. The molecule has 2 rings (SSSR count). The van der Waals surface area contributed by atoms with Crippen LogP contribution in [0.2, 0.25) is 0 Å². The predicted octanol–water partition coefficient (Wildman–Crippen LogP) is 0.950. The van der Waals surface area contributed by atoms with Crippen LogP contribution < -0.4 is 5.32 Å². The lowest BCUT2D eigenvalue weighted by molar-refractivity contribution is 0.512. The first-order valence-electron chi connectivity index (χ1n) is 5.65. The zero-order valence-electron chi connectivity index (χ0n) is 10.00. The zero-order chi connectivity index (χ0) is 12.1. The Balaban J connectivity index is 2.05. The van der Waals surface area contributed by atoms with Gasteiger partial charge in [-0.05, 0) is 24.5 Å². The van der Waals surface area contributed by atoms with Gasteiger partial charge in [-0.1, -0.05) is 16.6 Å². The topological polar surface area (TPSA) is 68.5 Å². The number of aryl methyl sites for hydroxylation is 1. The summed E-state index contributed by atoms with van der Waals surface area (Å²) in [5.74, 6) is 0. The third-order valence-electron chi connectivity index (χ3n) is 2.44. The van der Waals surface area contributed by atoms with Gasteiger partial charge in [-0.2, -0.15) is 0 Å². The van der Waals surface area contributed by atoms with Crippen LogP contribution in [0.3, 0.4) is 0 Å². The van der Waals surface area contributed by atoms with E-state index in [4.69, 9.17) is 0 Å². The van der Waals surface area contributed by atoms with Gasteiger partial charge < -0.3 is 5.32 Å². The summed E-state index contributed by atoms with van der Waals surface area (Å²) < 4.78 is 5.62. The van der Waals surface area contributed by atoms with E-state index in [1.807, 2.05) is 18.6 Å². The fourth-order valence-corrected chi connectivity index (χ4v) is 2.13. The molecule has 0 saturated carbocycles. The molecule has 1 atom stereocenters. The quantitative estimate of drug-likeness (QED) is 0.829. The minimum Gasteiger partial charge on any atom is -0.308 e. The minimum absolute atomic E-state index is 0.172. The van der Waals surface area contributed by atoms with Crippen molar-refractivity contribution in [3.63, 3.8) is 0 Å². The van der Waals surface area contributed by atoms with Gasteiger partial charge in [-0.25, -0.2) is 0 Å². The molecule has 2 aromatic rings. The van der Waals surface area contributed by atoms with Gasteiger partial charge in [-0.3, -0.25) is 4.68 Å². The second-order valence-electron chi connectivity index (χ2n) is 3.92. The lowest BCUT2D eigenvalue weighted by Crippen LogP contribution is -2.24. The van der Waals surface area contributed by atoms with Crippen LogP contribution in [0.15, 0.2) is 11.6 Å². The van der Waals surface area contributed by atoms with Gasteiger partial charge in [0.15, 0.2) is 0 Å². The average molecular weight is 252 g/mol. The summed E-state index contributed by atoms with van der Waals surface area (Å²) in [5.41, 5.74) is 1.95. The Labute approximate surface area is 104 Å². The van der Waals surface area contributed by atoms with E-state index in [0.29, 0.717) is 0 Å². The van der Waals surface area contributed by atoms with Crippen molar-refractivity contribution in [2.24, 2.45) is 7.05 Å². The molecular formula is C10H16N6S. The summed E-state index contributed by atoms with van der Waals surface area (Å²) in [6.07, 6.45) is 3.81. The molecule has 7 heteroatoms. The molecule has 0 saturated heterocycles. The molecule has 0 aliphatic heterocycles. The monoisotopic (exact) mass is 252 g/mol. The Morgan fingerprint density at radius 2 is 2.35 bits per heavy atom. The Morgan fingerprint density at radius 3 is 2.94 bits per heavy atom. The number of hydrogen-bond acceptors (Lipinski definition) is 6. The maximum Gasteiger partial charge on any atom is 0.0928 e. The summed E-state index contributed by atoms with van der Waals surface area (Å²) in [4.78, 5) is 0. The molecule has 0 aromatic carbocycles. The Bertz CT molecular complexity index is 437. The summed E-state index contributed by atoms with van der Waals surface area (Å²) in [7, 11) is 1.87. The van der Waals surface area contributed by atoms with Crippen molar-refractivity contribution < 1.29 is 0 Å². The van der Waals surface area contributed by atoms with Crippen molar-refractivity contribution >= 4 is 11.5 Å². The van der Waals surface area contributed by atoms with Crippen molar-refractivity contribution in [3.8, 4) is 0 Å². The maximum absolute atomic E-state index is 4.12. The van der Waals surface area contributed by atoms with Crippen LogP contribution in [-0.2, 0) is 13.5 Å². The highest BCUT2D eigenvalue weighted by Crippen LogP contribution is 2.15. The number of nitrogens with one attached hydrogen (secondary N) is 1. The van der Waals surface area contributed by atoms with Gasteiger partial charge in [-0.15, -0.1) is 10.2 Å². The summed E-state index contributed by atoms with van der Waals surface area (Å²) in [6.45, 7) is 3.11. The van der Waals surface area contributed by atoms with E-state index in [1.54, 1.807) is 4.68 Å². The number of nitrogens with zero attached hydrogens (tertiary/aromatic N) is 5. The van der Waals surface area contributed by atoms with Gasteiger partial charge in [0.05, 0.1) is 17.4 Å². The molecule has 0 aliphatic rings. The molecule has 0 amide bonds. The highest BCUT2D eigenvalue weighted by atomic mass is 32.1. The Morgan fingerprint density at radius 1 is 1.47 bits per heavy atom. The fraction of sp³-hybridized carbons (Fsp3) is 0.600. The van der Waals surface area contributed by atoms with Crippen molar-refractivity contribution in [2.75, 3.05) is 6.54 Å². The second kappa shape index (κ2) is 5.83. The van der Waals surface area contributed by atoms with Crippen LogP contribution in [0.5, 0.6) is 0 Å². The van der Waals surface area contributed by atoms with E-state index >= 15 is 0 Å². The van der Waals surface area contributed by atoms with Crippen molar-refractivity contribution in [1.29, 1.82) is 0 Å². The Hall–Kier alpha value is -1.34. The molecule has 0 spiro atoms. The van der Waals surface area contributed by atoms with Gasteiger partial charge >= 0.3 is 0 Å². The van der Waals surface area contributed by atoms with E-state index in [2.05, 4.69) is 32.1 Å². The lowest BCUT2D eigenvalue weighted by Gasteiger charge is -2.14. The molecule has 0 radical (unpaired) electrons. The molecule has 1 unspecified atom stereocenters. The standard InChI is InChI=1S/C10H16N6S/c1-3-4-11-9(10-7-17-15-13-10)5-8-6-16(2)14-12-8/h6-7,9,11H,3-5H2,1-2H3. The van der Waals surface area contributed by atoms with E-state index in [0.717, 1.165) is 30.8 Å². The summed E-state index contributed by atoms with van der Waals surface area (Å²) >= 11 is 1.37. The van der Waals surface area contributed by atoms with E-state index in [9.17, 15) is 0 Å². The molecular weight excluding hydrogens is 236 g/mol. The normalized spacial score (nSPS) is 12.8. The molecule has 17 heavy (non-hydrogen) atoms. The molecule has 1 N–H and O–H groups in total. The van der Waals surface area contributed by atoms with Crippen molar-refractivity contribution in [2.45, 2.75) is 25.8 Å². The van der Waals surface area contributed by atoms with Gasteiger partial charge in [0.2, 0.25) is 0 Å². The molecule has 0 fully saturated rings. The third-order valence-corrected chi connectivity index (χ3v) is 2.96. The van der Waals surface area contributed by atoms with Crippen LogP contribution in [0.4, 0.5) is 0 Å². The van der Waals surface area contributed by atoms with Crippen molar-refractivity contribution in [1.82, 2.24) is 29.9 Å². The smallest absolute Gasteiger partial charge is 0.0928 e. The average Bonchev–Trinajstić information content (AvgIpc) is 2.95. The third kappa shape index (κ3) is 3.31. The van der Waals surface area contributed by atoms with Gasteiger partial charge in [0, 0.05) is 25.0 Å². The molecule has 2 heterocycles. The first-order valence-corrected chi connectivity index (χ1v) is 6.48. The van der Waals surface area contributed by atoms with Crippen LogP contribution in [0.1, 0.15) is 30.8 Å². The predicted molar refractivity (Wildman–Crippen MR) is 65.7 cm³/mol. The molecule has 0 aliphatic carbocycles. The van der Waals surface area contributed by atoms with Crippen LogP contribution in [-0.4, -0.2) is 31.1 Å². The van der Waals surface area contributed by atoms with Crippen molar-refractivity contribution in [3.05, 3.63) is 23.0 Å². The maximum atomic E-state index is 4.12. The number of hydrogen-bond donors (Lipinski definition) is 1. The van der Waals surface area contributed by atoms with Crippen LogP contribution in [0, 0.1) is 0 Å². The molecule has 2 aromatic heterocycles. The minimum atomic E-state index is 0.172. The van der Waals surface area contributed by atoms with E-state index in [-0.39, 0.29) is 6.04 Å². The van der Waals surface area contributed by atoms with Crippen LogP contribution in [0.25, 0.3) is 0 Å². The fourth-order valence-electron chi connectivity index (χ4n) is 1.62. The molecule has 92 valence electrons. The SMILES string of the molecule is CCCNC(Cc1cn(C)nn1)c1csnn1. The van der Waals surface area contributed by atoms with E-state index < -0.39 is 0 Å². The first kappa shape index (κ1) is 12.1. The number of rotatable bonds is 6. The number of aromatic nitrogens is 5. The lowest BCUT2D eigenvalue weighted by atomic mass is 10.1. The zero-order valence-corrected chi connectivity index (χ0v) is 10.8. The highest BCUT2D eigenvalue weighted by Gasteiger charge is 2.15. The summed E-state index contributed by atoms with van der Waals surface area (Å²) in [5, 5.41) is 17.6. The molecule has 0 bridgehead atoms. The van der Waals surface area contributed by atoms with E-state index in [1.165, 1.54) is 11.5 Å². The Kier molecular flexibility index (Phi) is 4.16. The summed E-state index contributed by atoms with van der Waals surface area (Å²) in [6, 6.07) is 0.172. The van der Waals surface area contributed by atoms with Gasteiger partial charge in [0.25, 0.3) is 0 Å². The van der Waals surface area contributed by atoms with Crippen LogP contribution >= 0.6 is 11.5 Å². The largest absolute Gasteiger partial charge is 0.308 e. The second-order valence-corrected chi connectivity index (χ2v) is 4.53.